The molecular weight excluding hydrogens is 224 g/mol. The average molecular weight is 240 g/mol. The van der Waals surface area contributed by atoms with E-state index in [1.807, 2.05) is 6.07 Å². The number of carbonyl (C=O) groups excluding carboxylic acids is 2. The van der Waals surface area contributed by atoms with Gasteiger partial charge in [-0.25, -0.2) is 0 Å². The molecule has 1 aromatic carbocycles. The minimum atomic E-state index is -0.824. The van der Waals surface area contributed by atoms with E-state index in [0.29, 0.717) is 5.75 Å². The van der Waals surface area contributed by atoms with Gasteiger partial charge in [-0.15, -0.1) is 0 Å². The molecule has 0 amide bonds. The molecule has 0 aliphatic carbocycles. The zero-order chi connectivity index (χ0) is 13.3. The fourth-order valence-corrected chi connectivity index (χ4v) is 0.878. The molecular formula is C12H16O5. The van der Waals surface area contributed by atoms with Gasteiger partial charge in [0.2, 0.25) is 0 Å². The third kappa shape index (κ3) is 6.19. The molecule has 1 N–H and O–H groups in total. The molecule has 1 rings (SSSR count). The van der Waals surface area contributed by atoms with Crippen LogP contribution in [-0.2, 0) is 19.1 Å². The van der Waals surface area contributed by atoms with Crippen LogP contribution in [-0.4, -0.2) is 31.3 Å². The van der Waals surface area contributed by atoms with Crippen LogP contribution >= 0.6 is 0 Å². The molecule has 1 aromatic rings. The molecule has 0 aromatic heterocycles. The molecule has 0 bridgehead atoms. The van der Waals surface area contributed by atoms with Crippen molar-refractivity contribution in [3.63, 3.8) is 0 Å². The summed E-state index contributed by atoms with van der Waals surface area (Å²) in [5.41, 5.74) is 0. The van der Waals surface area contributed by atoms with Gasteiger partial charge in [-0.05, 0) is 19.1 Å². The van der Waals surface area contributed by atoms with Crippen molar-refractivity contribution in [1.29, 1.82) is 0 Å². The topological polar surface area (TPSA) is 72.8 Å². The van der Waals surface area contributed by atoms with Gasteiger partial charge in [-0.1, -0.05) is 18.2 Å². The highest BCUT2D eigenvalue weighted by molar-refractivity contribution is 5.94. The minimum Gasteiger partial charge on any atom is -0.508 e. The molecule has 17 heavy (non-hydrogen) atoms. The predicted molar refractivity (Wildman–Crippen MR) is 61.3 cm³/mol. The molecule has 5 nitrogen and oxygen atoms in total. The zero-order valence-corrected chi connectivity index (χ0v) is 10.0. The van der Waals surface area contributed by atoms with Crippen LogP contribution in [0.2, 0.25) is 0 Å². The van der Waals surface area contributed by atoms with Crippen molar-refractivity contribution in [3.8, 4) is 5.75 Å². The van der Waals surface area contributed by atoms with Crippen LogP contribution in [0.15, 0.2) is 30.3 Å². The number of phenols is 1. The standard InChI is InChI=1S/C6H10O4.C6H6O/c1-4(5(7)9-2)6(8)10-3;7-6-4-2-1-3-5-6/h4H,1-3H3;1-5,7H. The van der Waals surface area contributed by atoms with Gasteiger partial charge in [0.1, 0.15) is 5.75 Å². The van der Waals surface area contributed by atoms with Gasteiger partial charge >= 0.3 is 11.9 Å². The Balaban J connectivity index is 0.000000318. The van der Waals surface area contributed by atoms with Crippen molar-refractivity contribution in [2.75, 3.05) is 14.2 Å². The highest BCUT2D eigenvalue weighted by Crippen LogP contribution is 2.02. The van der Waals surface area contributed by atoms with Crippen LogP contribution in [0, 0.1) is 5.92 Å². The van der Waals surface area contributed by atoms with E-state index in [0.717, 1.165) is 0 Å². The summed E-state index contributed by atoms with van der Waals surface area (Å²) >= 11 is 0. The molecule has 0 aliphatic rings. The lowest BCUT2D eigenvalue weighted by Gasteiger charge is -2.04. The number of ether oxygens (including phenoxy) is 2. The summed E-state index contributed by atoms with van der Waals surface area (Å²) in [5.74, 6) is -1.66. The van der Waals surface area contributed by atoms with Crippen molar-refractivity contribution >= 4 is 11.9 Å². The van der Waals surface area contributed by atoms with E-state index in [1.165, 1.54) is 21.1 Å². The van der Waals surface area contributed by atoms with E-state index >= 15 is 0 Å². The van der Waals surface area contributed by atoms with Gasteiger partial charge in [0.15, 0.2) is 5.92 Å². The fourth-order valence-electron chi connectivity index (χ4n) is 0.878. The van der Waals surface area contributed by atoms with Gasteiger partial charge in [0.05, 0.1) is 14.2 Å². The van der Waals surface area contributed by atoms with Gasteiger partial charge < -0.3 is 14.6 Å². The maximum atomic E-state index is 10.6. The van der Waals surface area contributed by atoms with Crippen molar-refractivity contribution in [3.05, 3.63) is 30.3 Å². The minimum absolute atomic E-state index is 0.322. The number of phenolic OH excluding ortho intramolecular Hbond substituents is 1. The Kier molecular flexibility index (Phi) is 7.17. The number of methoxy groups -OCH3 is 2. The Morgan fingerprint density at radius 1 is 1.06 bits per heavy atom. The average Bonchev–Trinajstić information content (AvgIpc) is 2.37. The monoisotopic (exact) mass is 240 g/mol. The number of carbonyl (C=O) groups is 2. The molecule has 0 fully saturated rings. The van der Waals surface area contributed by atoms with E-state index in [9.17, 15) is 9.59 Å². The molecule has 94 valence electrons. The number of para-hydroxylation sites is 1. The summed E-state index contributed by atoms with van der Waals surface area (Å²) in [7, 11) is 2.45. The van der Waals surface area contributed by atoms with Gasteiger partial charge in [-0.2, -0.15) is 0 Å². The Bertz CT molecular complexity index is 331. The molecule has 0 atom stereocenters. The summed E-state index contributed by atoms with van der Waals surface area (Å²) in [4.78, 5) is 21.2. The maximum Gasteiger partial charge on any atom is 0.319 e. The largest absolute Gasteiger partial charge is 0.508 e. The van der Waals surface area contributed by atoms with Crippen molar-refractivity contribution in [1.82, 2.24) is 0 Å². The molecule has 5 heteroatoms. The summed E-state index contributed by atoms with van der Waals surface area (Å²) < 4.78 is 8.59. The summed E-state index contributed by atoms with van der Waals surface area (Å²) in [6.07, 6.45) is 0. The first-order chi connectivity index (χ1) is 8.02. The first-order valence-corrected chi connectivity index (χ1v) is 4.92. The lowest BCUT2D eigenvalue weighted by Crippen LogP contribution is -2.23. The third-order valence-electron chi connectivity index (χ3n) is 1.87. The highest BCUT2D eigenvalue weighted by atomic mass is 16.5. The fraction of sp³-hybridized carbons (Fsp3) is 0.333. The molecule has 0 saturated heterocycles. The number of benzene rings is 1. The van der Waals surface area contributed by atoms with Gasteiger partial charge in [-0.3, -0.25) is 9.59 Å². The van der Waals surface area contributed by atoms with Crippen molar-refractivity contribution < 1.29 is 24.2 Å². The molecule has 0 spiro atoms. The van der Waals surface area contributed by atoms with Crippen LogP contribution < -0.4 is 0 Å². The van der Waals surface area contributed by atoms with E-state index in [4.69, 9.17) is 5.11 Å². The van der Waals surface area contributed by atoms with E-state index in [-0.39, 0.29) is 0 Å². The molecule has 0 radical (unpaired) electrons. The first-order valence-electron chi connectivity index (χ1n) is 4.92. The van der Waals surface area contributed by atoms with Crippen LogP contribution in [0.1, 0.15) is 6.92 Å². The number of esters is 2. The Morgan fingerprint density at radius 3 is 1.71 bits per heavy atom. The van der Waals surface area contributed by atoms with Crippen molar-refractivity contribution in [2.45, 2.75) is 6.92 Å². The quantitative estimate of drug-likeness (QED) is 0.624. The number of hydrogen-bond acceptors (Lipinski definition) is 5. The van der Waals surface area contributed by atoms with Crippen LogP contribution in [0.25, 0.3) is 0 Å². The number of aromatic hydroxyl groups is 1. The summed E-state index contributed by atoms with van der Waals surface area (Å²) in [6, 6.07) is 8.71. The molecule has 0 heterocycles. The van der Waals surface area contributed by atoms with E-state index < -0.39 is 17.9 Å². The normalized spacial score (nSPS) is 8.94. The highest BCUT2D eigenvalue weighted by Gasteiger charge is 2.22. The van der Waals surface area contributed by atoms with E-state index in [1.54, 1.807) is 24.3 Å². The number of rotatable bonds is 2. The third-order valence-corrected chi connectivity index (χ3v) is 1.87. The van der Waals surface area contributed by atoms with Crippen LogP contribution in [0.4, 0.5) is 0 Å². The van der Waals surface area contributed by atoms with Crippen molar-refractivity contribution in [2.24, 2.45) is 5.92 Å². The summed E-state index contributed by atoms with van der Waals surface area (Å²) in [5, 5.41) is 8.63. The number of hydrogen-bond donors (Lipinski definition) is 1. The van der Waals surface area contributed by atoms with Crippen LogP contribution in [0.5, 0.6) is 5.75 Å². The SMILES string of the molecule is COC(=O)C(C)C(=O)OC.Oc1ccccc1. The Labute approximate surface area is 100.0 Å². The predicted octanol–water partition coefficient (Wildman–Crippen LogP) is 1.36. The second-order valence-corrected chi connectivity index (χ2v) is 3.10. The van der Waals surface area contributed by atoms with Crippen LogP contribution in [0.3, 0.4) is 0 Å². The Morgan fingerprint density at radius 2 is 1.47 bits per heavy atom. The lowest BCUT2D eigenvalue weighted by atomic mass is 10.2. The summed E-state index contributed by atoms with van der Waals surface area (Å²) in [6.45, 7) is 1.43. The second-order valence-electron chi connectivity index (χ2n) is 3.10. The zero-order valence-electron chi connectivity index (χ0n) is 10.0. The van der Waals surface area contributed by atoms with Gasteiger partial charge in [0.25, 0.3) is 0 Å². The smallest absolute Gasteiger partial charge is 0.319 e. The molecule has 0 aliphatic heterocycles. The lowest BCUT2D eigenvalue weighted by molar-refractivity contribution is -0.157. The second kappa shape index (κ2) is 8.15. The first kappa shape index (κ1) is 15.0. The van der Waals surface area contributed by atoms with E-state index in [2.05, 4.69) is 9.47 Å². The van der Waals surface area contributed by atoms with Gasteiger partial charge in [0, 0.05) is 0 Å². The maximum absolute atomic E-state index is 10.6. The molecule has 0 unspecified atom stereocenters. The molecule has 0 saturated carbocycles. The Hall–Kier alpha value is -2.04.